The summed E-state index contributed by atoms with van der Waals surface area (Å²) in [7, 11) is 0. The van der Waals surface area contributed by atoms with Gasteiger partial charge in [0.1, 0.15) is 11.9 Å². The number of amides is 2. The smallest absolute Gasteiger partial charge is 0.242 e. The Balaban J connectivity index is 2.20. The zero-order chi connectivity index (χ0) is 20.7. The van der Waals surface area contributed by atoms with E-state index in [4.69, 9.17) is 0 Å². The van der Waals surface area contributed by atoms with Crippen molar-refractivity contribution in [3.63, 3.8) is 0 Å². The molecule has 2 atom stereocenters. The van der Waals surface area contributed by atoms with E-state index in [9.17, 15) is 14.0 Å². The van der Waals surface area contributed by atoms with Gasteiger partial charge in [0, 0.05) is 12.6 Å². The van der Waals surface area contributed by atoms with E-state index in [1.54, 1.807) is 24.0 Å². The lowest BCUT2D eigenvalue weighted by Gasteiger charge is -2.30. The Hall–Kier alpha value is -2.69. The molecule has 0 aliphatic carbocycles. The van der Waals surface area contributed by atoms with Gasteiger partial charge in [-0.25, -0.2) is 4.39 Å². The first-order valence-corrected chi connectivity index (χ1v) is 9.70. The molecule has 4 nitrogen and oxygen atoms in total. The average molecular weight is 384 g/mol. The van der Waals surface area contributed by atoms with E-state index in [1.807, 2.05) is 45.0 Å². The first-order chi connectivity index (χ1) is 13.3. The van der Waals surface area contributed by atoms with Crippen molar-refractivity contribution in [2.45, 2.75) is 59.2 Å². The van der Waals surface area contributed by atoms with Gasteiger partial charge in [-0.1, -0.05) is 48.9 Å². The standard InChI is InChI=1S/C23H29FN2O2/c1-5-17(3)25-23(28)18(4)26(15-20-8-6-16(2)7-9-20)22(27)14-19-10-12-21(24)13-11-19/h6-13,17-18H,5,14-15H2,1-4H3,(H,25,28)/t17-,18-/m1/s1. The third-order valence-electron chi connectivity index (χ3n) is 4.91. The molecule has 0 spiro atoms. The minimum absolute atomic E-state index is 0.0448. The summed E-state index contributed by atoms with van der Waals surface area (Å²) in [5.41, 5.74) is 2.81. The van der Waals surface area contributed by atoms with Crippen molar-refractivity contribution in [3.8, 4) is 0 Å². The molecule has 0 aliphatic heterocycles. The van der Waals surface area contributed by atoms with Gasteiger partial charge in [-0.2, -0.15) is 0 Å². The normalized spacial score (nSPS) is 12.9. The van der Waals surface area contributed by atoms with E-state index >= 15 is 0 Å². The zero-order valence-corrected chi connectivity index (χ0v) is 17.0. The number of benzene rings is 2. The molecular formula is C23H29FN2O2. The van der Waals surface area contributed by atoms with E-state index in [2.05, 4.69) is 5.32 Å². The molecule has 0 unspecified atom stereocenters. The second-order valence-electron chi connectivity index (χ2n) is 7.30. The second-order valence-corrected chi connectivity index (χ2v) is 7.30. The Bertz CT molecular complexity index is 787. The fourth-order valence-electron chi connectivity index (χ4n) is 2.82. The summed E-state index contributed by atoms with van der Waals surface area (Å²) in [5.74, 6) is -0.679. The number of hydrogen-bond acceptors (Lipinski definition) is 2. The van der Waals surface area contributed by atoms with Gasteiger partial charge in [0.25, 0.3) is 0 Å². The van der Waals surface area contributed by atoms with Crippen molar-refractivity contribution >= 4 is 11.8 Å². The van der Waals surface area contributed by atoms with Crippen molar-refractivity contribution in [2.24, 2.45) is 0 Å². The molecule has 150 valence electrons. The summed E-state index contributed by atoms with van der Waals surface area (Å²) in [6.07, 6.45) is 0.938. The molecular weight excluding hydrogens is 355 g/mol. The molecule has 28 heavy (non-hydrogen) atoms. The maximum atomic E-state index is 13.1. The third kappa shape index (κ3) is 6.19. The van der Waals surface area contributed by atoms with Crippen molar-refractivity contribution in [1.29, 1.82) is 0 Å². The largest absolute Gasteiger partial charge is 0.352 e. The monoisotopic (exact) mass is 384 g/mol. The van der Waals surface area contributed by atoms with Crippen molar-refractivity contribution in [1.82, 2.24) is 10.2 Å². The van der Waals surface area contributed by atoms with Crippen LogP contribution >= 0.6 is 0 Å². The van der Waals surface area contributed by atoms with Gasteiger partial charge in [-0.05, 0) is 50.5 Å². The lowest BCUT2D eigenvalue weighted by Crippen LogP contribution is -2.49. The molecule has 0 fully saturated rings. The van der Waals surface area contributed by atoms with Crippen LogP contribution in [0.4, 0.5) is 4.39 Å². The highest BCUT2D eigenvalue weighted by atomic mass is 19.1. The van der Waals surface area contributed by atoms with Crippen LogP contribution in [0, 0.1) is 12.7 Å². The van der Waals surface area contributed by atoms with E-state index in [0.29, 0.717) is 6.54 Å². The number of nitrogens with one attached hydrogen (secondary N) is 1. The van der Waals surface area contributed by atoms with Crippen molar-refractivity contribution in [3.05, 3.63) is 71.0 Å². The van der Waals surface area contributed by atoms with E-state index in [1.165, 1.54) is 12.1 Å². The highest BCUT2D eigenvalue weighted by molar-refractivity contribution is 5.88. The number of halogens is 1. The summed E-state index contributed by atoms with van der Waals surface area (Å²) in [4.78, 5) is 27.3. The first-order valence-electron chi connectivity index (χ1n) is 9.70. The minimum atomic E-state index is -0.608. The SMILES string of the molecule is CC[C@@H](C)NC(=O)[C@@H](C)N(Cc1ccc(C)cc1)C(=O)Cc1ccc(F)cc1. The molecule has 0 saturated carbocycles. The molecule has 2 aromatic rings. The summed E-state index contributed by atoms with van der Waals surface area (Å²) in [6.45, 7) is 8.03. The van der Waals surface area contributed by atoms with Crippen LogP contribution in [0.15, 0.2) is 48.5 Å². The fraction of sp³-hybridized carbons (Fsp3) is 0.391. The predicted molar refractivity (Wildman–Crippen MR) is 109 cm³/mol. The fourth-order valence-corrected chi connectivity index (χ4v) is 2.82. The van der Waals surface area contributed by atoms with Crippen LogP contribution < -0.4 is 5.32 Å². The van der Waals surface area contributed by atoms with Gasteiger partial charge < -0.3 is 10.2 Å². The van der Waals surface area contributed by atoms with Crippen molar-refractivity contribution in [2.75, 3.05) is 0 Å². The van der Waals surface area contributed by atoms with Gasteiger partial charge >= 0.3 is 0 Å². The Morgan fingerprint density at radius 3 is 2.14 bits per heavy atom. The Labute approximate surface area is 166 Å². The summed E-state index contributed by atoms with van der Waals surface area (Å²) in [5, 5.41) is 2.95. The van der Waals surface area contributed by atoms with Crippen LogP contribution in [0.3, 0.4) is 0 Å². The maximum absolute atomic E-state index is 13.1. The first kappa shape index (κ1) is 21.6. The van der Waals surface area contributed by atoms with E-state index in [0.717, 1.165) is 23.1 Å². The molecule has 0 aliphatic rings. The van der Waals surface area contributed by atoms with E-state index < -0.39 is 6.04 Å². The molecule has 5 heteroatoms. The minimum Gasteiger partial charge on any atom is -0.352 e. The van der Waals surface area contributed by atoms with Crippen molar-refractivity contribution < 1.29 is 14.0 Å². The molecule has 0 radical (unpaired) electrons. The molecule has 1 N–H and O–H groups in total. The number of hydrogen-bond donors (Lipinski definition) is 1. The Kier molecular flexibility index (Phi) is 7.73. The number of aryl methyl sites for hydroxylation is 1. The van der Waals surface area contributed by atoms with Crippen LogP contribution in [-0.2, 0) is 22.6 Å². The van der Waals surface area contributed by atoms with Crippen LogP contribution in [0.5, 0.6) is 0 Å². The molecule has 0 heterocycles. The summed E-state index contributed by atoms with van der Waals surface area (Å²) < 4.78 is 13.1. The number of rotatable bonds is 8. The topological polar surface area (TPSA) is 49.4 Å². The number of nitrogens with zero attached hydrogens (tertiary/aromatic N) is 1. The zero-order valence-electron chi connectivity index (χ0n) is 17.0. The van der Waals surface area contributed by atoms with Crippen LogP contribution in [0.25, 0.3) is 0 Å². The van der Waals surface area contributed by atoms with Crippen LogP contribution in [0.2, 0.25) is 0 Å². The summed E-state index contributed by atoms with van der Waals surface area (Å²) in [6, 6.07) is 13.2. The average Bonchev–Trinajstić information content (AvgIpc) is 2.68. The predicted octanol–water partition coefficient (Wildman–Crippen LogP) is 4.01. The molecule has 0 saturated heterocycles. The Morgan fingerprint density at radius 1 is 1.00 bits per heavy atom. The quantitative estimate of drug-likeness (QED) is 0.748. The highest BCUT2D eigenvalue weighted by Crippen LogP contribution is 2.14. The van der Waals surface area contributed by atoms with Gasteiger partial charge in [0.2, 0.25) is 11.8 Å². The molecule has 2 aromatic carbocycles. The molecule has 2 rings (SSSR count). The highest BCUT2D eigenvalue weighted by Gasteiger charge is 2.26. The van der Waals surface area contributed by atoms with E-state index in [-0.39, 0.29) is 30.1 Å². The lowest BCUT2D eigenvalue weighted by atomic mass is 10.1. The molecule has 2 amide bonds. The lowest BCUT2D eigenvalue weighted by molar-refractivity contribution is -0.140. The maximum Gasteiger partial charge on any atom is 0.242 e. The van der Waals surface area contributed by atoms with Gasteiger partial charge in [0.05, 0.1) is 6.42 Å². The van der Waals surface area contributed by atoms with Gasteiger partial charge in [-0.15, -0.1) is 0 Å². The number of carbonyl (C=O) groups is 2. The van der Waals surface area contributed by atoms with Crippen LogP contribution in [0.1, 0.15) is 43.9 Å². The van der Waals surface area contributed by atoms with Gasteiger partial charge in [0.15, 0.2) is 0 Å². The third-order valence-corrected chi connectivity index (χ3v) is 4.91. The van der Waals surface area contributed by atoms with Crippen LogP contribution in [-0.4, -0.2) is 28.8 Å². The molecule has 0 aromatic heterocycles. The second kappa shape index (κ2) is 10.0. The summed E-state index contributed by atoms with van der Waals surface area (Å²) >= 11 is 0. The van der Waals surface area contributed by atoms with Gasteiger partial charge in [-0.3, -0.25) is 9.59 Å². The molecule has 0 bridgehead atoms. The number of carbonyl (C=O) groups excluding carboxylic acids is 2. The Morgan fingerprint density at radius 2 is 1.57 bits per heavy atom.